The van der Waals surface area contributed by atoms with Gasteiger partial charge in [-0.25, -0.2) is 4.68 Å². The number of aromatic nitrogens is 2. The molecule has 0 bridgehead atoms. The molecule has 1 aromatic carbocycles. The summed E-state index contributed by atoms with van der Waals surface area (Å²) in [6, 6.07) is 10.1. The fraction of sp³-hybridized carbons (Fsp3) is 0.438. The second-order valence-electron chi connectivity index (χ2n) is 5.25. The van der Waals surface area contributed by atoms with E-state index in [0.717, 1.165) is 30.0 Å². The minimum atomic E-state index is 0.407. The third-order valence-corrected chi connectivity index (χ3v) is 3.38. The van der Waals surface area contributed by atoms with Crippen LogP contribution in [0.3, 0.4) is 0 Å². The van der Waals surface area contributed by atoms with Crippen molar-refractivity contribution in [2.24, 2.45) is 0 Å². The average Bonchev–Trinajstić information content (AvgIpc) is 2.74. The van der Waals surface area contributed by atoms with Gasteiger partial charge in [-0.1, -0.05) is 45.4 Å². The summed E-state index contributed by atoms with van der Waals surface area (Å²) in [6.45, 7) is 6.56. The fourth-order valence-electron chi connectivity index (χ4n) is 2.41. The van der Waals surface area contributed by atoms with Crippen LogP contribution in [0.25, 0.3) is 5.69 Å². The third kappa shape index (κ3) is 2.80. The molecule has 2 aromatic rings. The van der Waals surface area contributed by atoms with Gasteiger partial charge in [0.2, 0.25) is 0 Å². The van der Waals surface area contributed by atoms with E-state index >= 15 is 0 Å². The number of benzene rings is 1. The van der Waals surface area contributed by atoms with Crippen molar-refractivity contribution < 1.29 is 0 Å². The first kappa shape index (κ1) is 13.7. The maximum absolute atomic E-state index is 6.31. The van der Waals surface area contributed by atoms with Gasteiger partial charge < -0.3 is 5.73 Å². The Hall–Kier alpha value is -1.77. The minimum Gasteiger partial charge on any atom is -0.383 e. The van der Waals surface area contributed by atoms with E-state index in [0.29, 0.717) is 5.92 Å². The lowest BCUT2D eigenvalue weighted by Crippen LogP contribution is -2.03. The van der Waals surface area contributed by atoms with E-state index in [2.05, 4.69) is 20.8 Å². The van der Waals surface area contributed by atoms with Gasteiger partial charge in [0.05, 0.1) is 11.4 Å². The molecule has 1 aromatic heterocycles. The van der Waals surface area contributed by atoms with E-state index in [4.69, 9.17) is 10.8 Å². The lowest BCUT2D eigenvalue weighted by atomic mass is 10.00. The maximum Gasteiger partial charge on any atom is 0.130 e. The highest BCUT2D eigenvalue weighted by Gasteiger charge is 2.18. The van der Waals surface area contributed by atoms with Gasteiger partial charge in [-0.15, -0.1) is 0 Å². The molecule has 0 spiro atoms. The standard InChI is InChI=1S/C16H23N3/c1-4-5-11-14-15(12(2)3)16(17)19(18-14)13-9-7-6-8-10-13/h6-10,12H,4-5,11,17H2,1-3H3. The lowest BCUT2D eigenvalue weighted by molar-refractivity contribution is 0.739. The Balaban J connectivity index is 2.46. The molecule has 19 heavy (non-hydrogen) atoms. The second-order valence-corrected chi connectivity index (χ2v) is 5.25. The number of nitrogens with two attached hydrogens (primary N) is 1. The molecule has 0 radical (unpaired) electrons. The van der Waals surface area contributed by atoms with E-state index in [-0.39, 0.29) is 0 Å². The van der Waals surface area contributed by atoms with E-state index in [1.807, 2.05) is 35.0 Å². The fourth-order valence-corrected chi connectivity index (χ4v) is 2.41. The largest absolute Gasteiger partial charge is 0.383 e. The van der Waals surface area contributed by atoms with E-state index in [1.54, 1.807) is 0 Å². The van der Waals surface area contributed by atoms with Crippen molar-refractivity contribution in [2.75, 3.05) is 5.73 Å². The molecule has 0 atom stereocenters. The van der Waals surface area contributed by atoms with Crippen LogP contribution < -0.4 is 5.73 Å². The highest BCUT2D eigenvalue weighted by Crippen LogP contribution is 2.29. The van der Waals surface area contributed by atoms with Crippen molar-refractivity contribution in [3.8, 4) is 5.69 Å². The Kier molecular flexibility index (Phi) is 4.25. The molecule has 3 nitrogen and oxygen atoms in total. The van der Waals surface area contributed by atoms with Gasteiger partial charge in [-0.05, 0) is 30.9 Å². The van der Waals surface area contributed by atoms with Crippen molar-refractivity contribution in [3.05, 3.63) is 41.6 Å². The van der Waals surface area contributed by atoms with Crippen LogP contribution in [-0.2, 0) is 6.42 Å². The predicted octanol–water partition coefficient (Wildman–Crippen LogP) is 3.92. The molecule has 0 aliphatic carbocycles. The summed E-state index contributed by atoms with van der Waals surface area (Å²) in [5.74, 6) is 1.19. The molecule has 0 aliphatic rings. The van der Waals surface area contributed by atoms with Gasteiger partial charge in [0.25, 0.3) is 0 Å². The number of rotatable bonds is 5. The monoisotopic (exact) mass is 257 g/mol. The normalized spacial score (nSPS) is 11.2. The quantitative estimate of drug-likeness (QED) is 0.882. The molecule has 0 saturated heterocycles. The topological polar surface area (TPSA) is 43.8 Å². The first-order chi connectivity index (χ1) is 9.15. The number of hydrogen-bond acceptors (Lipinski definition) is 2. The summed E-state index contributed by atoms with van der Waals surface area (Å²) in [6.07, 6.45) is 3.34. The van der Waals surface area contributed by atoms with E-state index in [1.165, 1.54) is 12.0 Å². The molecule has 0 aliphatic heterocycles. The van der Waals surface area contributed by atoms with E-state index < -0.39 is 0 Å². The molecule has 102 valence electrons. The molecular formula is C16H23N3. The molecule has 1 heterocycles. The minimum absolute atomic E-state index is 0.407. The summed E-state index contributed by atoms with van der Waals surface area (Å²) in [5.41, 5.74) is 9.70. The SMILES string of the molecule is CCCCc1nn(-c2ccccc2)c(N)c1C(C)C. The first-order valence-electron chi connectivity index (χ1n) is 7.07. The Bertz CT molecular complexity index is 526. The highest BCUT2D eigenvalue weighted by atomic mass is 15.3. The highest BCUT2D eigenvalue weighted by molar-refractivity contribution is 5.51. The zero-order valence-corrected chi connectivity index (χ0v) is 12.1. The molecule has 2 N–H and O–H groups in total. The van der Waals surface area contributed by atoms with Crippen molar-refractivity contribution in [1.82, 2.24) is 9.78 Å². The summed E-state index contributed by atoms with van der Waals surface area (Å²) >= 11 is 0. The van der Waals surface area contributed by atoms with Crippen molar-refractivity contribution in [2.45, 2.75) is 46.0 Å². The lowest BCUT2D eigenvalue weighted by Gasteiger charge is -2.07. The molecule has 0 fully saturated rings. The van der Waals surface area contributed by atoms with Gasteiger partial charge >= 0.3 is 0 Å². The van der Waals surface area contributed by atoms with Crippen molar-refractivity contribution in [3.63, 3.8) is 0 Å². The number of unbranched alkanes of at least 4 members (excludes halogenated alkanes) is 1. The number of anilines is 1. The summed E-state index contributed by atoms with van der Waals surface area (Å²) in [7, 11) is 0. The molecule has 0 unspecified atom stereocenters. The number of para-hydroxylation sites is 1. The van der Waals surface area contributed by atoms with Gasteiger partial charge in [0, 0.05) is 5.56 Å². The van der Waals surface area contributed by atoms with Gasteiger partial charge in [-0.3, -0.25) is 0 Å². The zero-order chi connectivity index (χ0) is 13.8. The van der Waals surface area contributed by atoms with Crippen LogP contribution in [0.5, 0.6) is 0 Å². The summed E-state index contributed by atoms with van der Waals surface area (Å²) < 4.78 is 1.88. The van der Waals surface area contributed by atoms with Gasteiger partial charge in [0.15, 0.2) is 0 Å². The van der Waals surface area contributed by atoms with Crippen LogP contribution >= 0.6 is 0 Å². The summed E-state index contributed by atoms with van der Waals surface area (Å²) in [5, 5.41) is 4.73. The third-order valence-electron chi connectivity index (χ3n) is 3.38. The smallest absolute Gasteiger partial charge is 0.130 e. The number of hydrogen-bond donors (Lipinski definition) is 1. The Morgan fingerprint density at radius 1 is 1.21 bits per heavy atom. The van der Waals surface area contributed by atoms with Crippen molar-refractivity contribution in [1.29, 1.82) is 0 Å². The zero-order valence-electron chi connectivity index (χ0n) is 12.1. The predicted molar refractivity (Wildman–Crippen MR) is 80.7 cm³/mol. The van der Waals surface area contributed by atoms with Crippen LogP contribution in [0, 0.1) is 0 Å². The van der Waals surface area contributed by atoms with Crippen LogP contribution in [-0.4, -0.2) is 9.78 Å². The Morgan fingerprint density at radius 3 is 2.47 bits per heavy atom. The maximum atomic E-state index is 6.31. The molecular weight excluding hydrogens is 234 g/mol. The Labute approximate surface area is 115 Å². The number of nitrogen functional groups attached to an aromatic ring is 1. The molecule has 2 rings (SSSR count). The van der Waals surface area contributed by atoms with Crippen LogP contribution in [0.1, 0.15) is 50.8 Å². The van der Waals surface area contributed by atoms with Crippen LogP contribution in [0.4, 0.5) is 5.82 Å². The first-order valence-corrected chi connectivity index (χ1v) is 7.07. The van der Waals surface area contributed by atoms with Gasteiger partial charge in [-0.2, -0.15) is 5.10 Å². The van der Waals surface area contributed by atoms with Crippen LogP contribution in [0.15, 0.2) is 30.3 Å². The summed E-state index contributed by atoms with van der Waals surface area (Å²) in [4.78, 5) is 0. The van der Waals surface area contributed by atoms with Crippen LogP contribution in [0.2, 0.25) is 0 Å². The molecule has 3 heteroatoms. The molecule has 0 saturated carbocycles. The van der Waals surface area contributed by atoms with Gasteiger partial charge in [0.1, 0.15) is 5.82 Å². The number of nitrogens with zero attached hydrogens (tertiary/aromatic N) is 2. The number of aryl methyl sites for hydroxylation is 1. The van der Waals surface area contributed by atoms with Crippen molar-refractivity contribution >= 4 is 5.82 Å². The van der Waals surface area contributed by atoms with E-state index in [9.17, 15) is 0 Å². The average molecular weight is 257 g/mol. The Morgan fingerprint density at radius 2 is 1.89 bits per heavy atom. The second kappa shape index (κ2) is 5.91. The molecule has 0 amide bonds.